The van der Waals surface area contributed by atoms with Crippen molar-refractivity contribution in [2.45, 2.75) is 0 Å². The van der Waals surface area contributed by atoms with Gasteiger partial charge in [-0.2, -0.15) is 0 Å². The van der Waals surface area contributed by atoms with Gasteiger partial charge < -0.3 is 4.90 Å². The molecule has 4 heteroatoms. The molecule has 0 aliphatic rings. The Labute approximate surface area is 116 Å². The van der Waals surface area contributed by atoms with E-state index in [1.54, 1.807) is 48.3 Å². The first-order valence-corrected chi connectivity index (χ1v) is 6.19. The number of ketones is 1. The molecule has 0 saturated carbocycles. The molecule has 0 amide bonds. The summed E-state index contributed by atoms with van der Waals surface area (Å²) in [6.45, 7) is 0.170. The van der Waals surface area contributed by atoms with E-state index in [1.807, 2.05) is 0 Å². The van der Waals surface area contributed by atoms with Gasteiger partial charge in [0.15, 0.2) is 5.78 Å². The largest absolute Gasteiger partial charge is 0.367 e. The van der Waals surface area contributed by atoms with E-state index in [4.69, 9.17) is 11.6 Å². The zero-order valence-corrected chi connectivity index (χ0v) is 11.2. The van der Waals surface area contributed by atoms with Crippen molar-refractivity contribution < 1.29 is 9.18 Å². The van der Waals surface area contributed by atoms with Crippen LogP contribution in [0.2, 0.25) is 5.02 Å². The number of carbonyl (C=O) groups is 1. The van der Waals surface area contributed by atoms with Gasteiger partial charge in [-0.25, -0.2) is 4.39 Å². The van der Waals surface area contributed by atoms with Crippen LogP contribution in [0.4, 0.5) is 10.1 Å². The highest BCUT2D eigenvalue weighted by Gasteiger charge is 2.10. The van der Waals surface area contributed by atoms with Crippen molar-refractivity contribution in [3.63, 3.8) is 0 Å². The zero-order chi connectivity index (χ0) is 13.8. The number of rotatable bonds is 4. The van der Waals surface area contributed by atoms with Crippen LogP contribution in [0.5, 0.6) is 0 Å². The fraction of sp³-hybridized carbons (Fsp3) is 0.133. The molecular formula is C15H13ClFNO. The molecule has 2 aromatic carbocycles. The molecule has 0 saturated heterocycles. The van der Waals surface area contributed by atoms with Crippen LogP contribution in [0.25, 0.3) is 0 Å². The molecule has 2 rings (SSSR count). The summed E-state index contributed by atoms with van der Waals surface area (Å²) >= 11 is 5.85. The molecular weight excluding hydrogens is 265 g/mol. The van der Waals surface area contributed by atoms with Crippen molar-refractivity contribution in [1.29, 1.82) is 0 Å². The summed E-state index contributed by atoms with van der Waals surface area (Å²) in [7, 11) is 1.75. The van der Waals surface area contributed by atoms with Crippen molar-refractivity contribution in [2.75, 3.05) is 18.5 Å². The van der Waals surface area contributed by atoms with Crippen LogP contribution in [0.15, 0.2) is 48.5 Å². The highest BCUT2D eigenvalue weighted by Crippen LogP contribution is 2.16. The first-order valence-electron chi connectivity index (χ1n) is 5.82. The lowest BCUT2D eigenvalue weighted by Gasteiger charge is -2.18. The van der Waals surface area contributed by atoms with Crippen LogP contribution < -0.4 is 4.90 Å². The van der Waals surface area contributed by atoms with Gasteiger partial charge in [0, 0.05) is 23.3 Å². The lowest BCUT2D eigenvalue weighted by molar-refractivity contribution is 0.100. The van der Waals surface area contributed by atoms with E-state index in [2.05, 4.69) is 0 Å². The van der Waals surface area contributed by atoms with Crippen molar-refractivity contribution in [1.82, 2.24) is 0 Å². The van der Waals surface area contributed by atoms with Gasteiger partial charge in [-0.05, 0) is 30.3 Å². The van der Waals surface area contributed by atoms with Gasteiger partial charge in [0.1, 0.15) is 5.82 Å². The Hall–Kier alpha value is -1.87. The van der Waals surface area contributed by atoms with Crippen LogP contribution in [0.3, 0.4) is 0 Å². The van der Waals surface area contributed by atoms with Crippen LogP contribution >= 0.6 is 11.6 Å². The lowest BCUT2D eigenvalue weighted by Crippen LogP contribution is -2.25. The maximum atomic E-state index is 13.1. The van der Waals surface area contributed by atoms with Crippen molar-refractivity contribution in [3.8, 4) is 0 Å². The molecule has 0 aliphatic heterocycles. The van der Waals surface area contributed by atoms with Crippen LogP contribution in [0, 0.1) is 5.82 Å². The Morgan fingerprint density at radius 1 is 1.21 bits per heavy atom. The third kappa shape index (κ3) is 3.55. The molecule has 0 atom stereocenters. The summed E-state index contributed by atoms with van der Waals surface area (Å²) in [5.41, 5.74) is 1.21. The van der Waals surface area contributed by atoms with Gasteiger partial charge >= 0.3 is 0 Å². The normalized spacial score (nSPS) is 10.3. The fourth-order valence-corrected chi connectivity index (χ4v) is 1.96. The van der Waals surface area contributed by atoms with Crippen molar-refractivity contribution in [2.24, 2.45) is 0 Å². The molecule has 19 heavy (non-hydrogen) atoms. The Morgan fingerprint density at radius 2 is 1.95 bits per heavy atom. The third-order valence-electron chi connectivity index (χ3n) is 2.78. The number of nitrogens with zero attached hydrogens (tertiary/aromatic N) is 1. The Bertz CT molecular complexity index is 600. The van der Waals surface area contributed by atoms with Crippen molar-refractivity contribution in [3.05, 3.63) is 64.9 Å². The number of carbonyl (C=O) groups excluding carboxylic acids is 1. The summed E-state index contributed by atoms with van der Waals surface area (Å²) in [4.78, 5) is 13.8. The standard InChI is InChI=1S/C15H13ClFNO/c1-18(14-7-3-6-13(17)9-14)10-15(19)11-4-2-5-12(16)8-11/h2-9H,10H2,1H3. The van der Waals surface area contributed by atoms with Crippen LogP contribution in [-0.2, 0) is 0 Å². The second kappa shape index (κ2) is 5.85. The van der Waals surface area contributed by atoms with Gasteiger partial charge in [0.05, 0.1) is 6.54 Å². The van der Waals surface area contributed by atoms with E-state index in [0.717, 1.165) is 0 Å². The van der Waals surface area contributed by atoms with Gasteiger partial charge in [0.25, 0.3) is 0 Å². The third-order valence-corrected chi connectivity index (χ3v) is 3.01. The average Bonchev–Trinajstić information content (AvgIpc) is 2.38. The molecule has 0 spiro atoms. The molecule has 0 unspecified atom stereocenters. The highest BCUT2D eigenvalue weighted by molar-refractivity contribution is 6.31. The SMILES string of the molecule is CN(CC(=O)c1cccc(Cl)c1)c1cccc(F)c1. The van der Waals surface area contributed by atoms with Gasteiger partial charge in [0.2, 0.25) is 0 Å². The number of hydrogen-bond donors (Lipinski definition) is 0. The monoisotopic (exact) mass is 277 g/mol. The maximum absolute atomic E-state index is 13.1. The predicted molar refractivity (Wildman–Crippen MR) is 75.5 cm³/mol. The number of halogens is 2. The molecule has 98 valence electrons. The molecule has 0 bridgehead atoms. The molecule has 0 aromatic heterocycles. The minimum atomic E-state index is -0.320. The first kappa shape index (κ1) is 13.6. The number of likely N-dealkylation sites (N-methyl/N-ethyl adjacent to an activating group) is 1. The second-order valence-electron chi connectivity index (χ2n) is 4.27. The van der Waals surface area contributed by atoms with E-state index < -0.39 is 0 Å². The molecule has 0 heterocycles. The smallest absolute Gasteiger partial charge is 0.182 e. The number of anilines is 1. The van der Waals surface area contributed by atoms with E-state index in [9.17, 15) is 9.18 Å². The minimum Gasteiger partial charge on any atom is -0.367 e. The molecule has 0 N–H and O–H groups in total. The molecule has 2 nitrogen and oxygen atoms in total. The Morgan fingerprint density at radius 3 is 2.63 bits per heavy atom. The van der Waals surface area contributed by atoms with E-state index in [-0.39, 0.29) is 18.1 Å². The van der Waals surface area contributed by atoms with Crippen LogP contribution in [0.1, 0.15) is 10.4 Å². The number of benzene rings is 2. The molecule has 0 radical (unpaired) electrons. The van der Waals surface area contributed by atoms with E-state index in [0.29, 0.717) is 16.3 Å². The van der Waals surface area contributed by atoms with Gasteiger partial charge in [-0.15, -0.1) is 0 Å². The predicted octanol–water partition coefficient (Wildman–Crippen LogP) is 3.80. The first-order chi connectivity index (χ1) is 9.06. The minimum absolute atomic E-state index is 0.0609. The Balaban J connectivity index is 2.11. The fourth-order valence-electron chi connectivity index (χ4n) is 1.77. The van der Waals surface area contributed by atoms with Gasteiger partial charge in [-0.3, -0.25) is 4.79 Å². The summed E-state index contributed by atoms with van der Waals surface area (Å²) in [5, 5.41) is 0.527. The van der Waals surface area contributed by atoms with E-state index >= 15 is 0 Å². The Kier molecular flexibility index (Phi) is 4.17. The topological polar surface area (TPSA) is 20.3 Å². The van der Waals surface area contributed by atoms with Crippen molar-refractivity contribution >= 4 is 23.1 Å². The zero-order valence-electron chi connectivity index (χ0n) is 10.4. The molecule has 2 aromatic rings. The maximum Gasteiger partial charge on any atom is 0.182 e. The van der Waals surface area contributed by atoms with E-state index in [1.165, 1.54) is 12.1 Å². The quantitative estimate of drug-likeness (QED) is 0.793. The number of hydrogen-bond acceptors (Lipinski definition) is 2. The second-order valence-corrected chi connectivity index (χ2v) is 4.71. The molecule has 0 fully saturated rings. The highest BCUT2D eigenvalue weighted by atomic mass is 35.5. The lowest BCUT2D eigenvalue weighted by atomic mass is 10.1. The average molecular weight is 278 g/mol. The van der Waals surface area contributed by atoms with Crippen LogP contribution in [-0.4, -0.2) is 19.4 Å². The summed E-state index contributed by atoms with van der Waals surface area (Å²) < 4.78 is 13.1. The summed E-state index contributed by atoms with van der Waals surface area (Å²) in [5.74, 6) is -0.381. The summed E-state index contributed by atoms with van der Waals surface area (Å²) in [6.07, 6.45) is 0. The number of Topliss-reactive ketones (excluding diaryl/α,β-unsaturated/α-hetero) is 1. The van der Waals surface area contributed by atoms with Gasteiger partial charge in [-0.1, -0.05) is 29.8 Å². The summed E-state index contributed by atoms with van der Waals surface area (Å²) in [6, 6.07) is 12.9. The molecule has 0 aliphatic carbocycles.